The molecule has 10 aromatic rings. The summed E-state index contributed by atoms with van der Waals surface area (Å²) in [6.07, 6.45) is 28.4. The van der Waals surface area contributed by atoms with E-state index in [2.05, 4.69) is 302 Å². The Labute approximate surface area is 777 Å². The minimum Gasteiger partial charge on any atom is -0.490 e. The van der Waals surface area contributed by atoms with Crippen LogP contribution in [0.1, 0.15) is 224 Å². The van der Waals surface area contributed by atoms with Gasteiger partial charge in [-0.2, -0.15) is 0 Å². The van der Waals surface area contributed by atoms with E-state index in [0.29, 0.717) is 60.1 Å². The molecule has 5 unspecified atom stereocenters. The molecule has 1 aromatic heterocycles. The maximum Gasteiger partial charge on any atom is 0.119 e. The summed E-state index contributed by atoms with van der Waals surface area (Å²) in [5, 5.41) is 18.9. The lowest BCUT2D eigenvalue weighted by Crippen LogP contribution is -2.33. The van der Waals surface area contributed by atoms with Gasteiger partial charge in [-0.1, -0.05) is 210 Å². The molecule has 13 heteroatoms. The van der Waals surface area contributed by atoms with Crippen LogP contribution in [-0.4, -0.2) is 68.2 Å². The Kier molecular flexibility index (Phi) is 42.5. The highest BCUT2D eigenvalue weighted by Gasteiger charge is 2.33. The van der Waals surface area contributed by atoms with Crippen LogP contribution in [0.25, 0.3) is 0 Å². The molecule has 0 bridgehead atoms. The number of nitrogens with two attached hydrogens (primary N) is 1. The van der Waals surface area contributed by atoms with Crippen molar-refractivity contribution in [3.05, 3.63) is 315 Å². The SMILES string of the molecule is Cc1cccc(CNCC(C)[C@H]2CCC[C@@H](Oc3cccc(C)c3)C2)c1.Cc1cccc(O[C@@H]2CCCC([C@H](C)CNCc3ccccc3)C2)c1.Cc1cccc(O[C@@H]2CCC[C@H](C(C)CNCc3ccccc3Cl)C2)c1.Cc1cccc(O[C@@H]2CCC[C@H](C(C)CNCc3ccccc3N)C2)c1.Cc1cccc(O[C@@H]2CCC[C@H](C(C)CNCc3ccccn3)C2)c1. The molecule has 0 saturated heterocycles. The largest absolute Gasteiger partial charge is 0.490 e. The van der Waals surface area contributed by atoms with Crippen molar-refractivity contribution in [2.75, 3.05) is 38.5 Å². The van der Waals surface area contributed by atoms with Gasteiger partial charge >= 0.3 is 0 Å². The monoisotopic (exact) mass is 1750 g/mol. The Morgan fingerprint density at radius 2 is 0.586 bits per heavy atom. The number of anilines is 1. The zero-order valence-corrected chi connectivity index (χ0v) is 80.2. The normalized spacial score (nSPS) is 21.5. The van der Waals surface area contributed by atoms with Crippen LogP contribution >= 0.6 is 11.6 Å². The van der Waals surface area contributed by atoms with Crippen molar-refractivity contribution in [3.8, 4) is 28.7 Å². The number of nitrogens with zero attached hydrogens (tertiary/aromatic N) is 1. The number of benzene rings is 9. The number of nitrogens with one attached hydrogen (secondary N) is 5. The standard InChI is InChI=1S/C24H33NO.C23H30ClNO.C23H32N2O.C23H31NO.C22H30N2O/c1-18-7-4-9-21(13-18)17-25-16-20(3)22-10-6-12-24(15-22)26-23-11-5-8-19(2)14-23;2*1-17-7-5-10-21(13-17)26-22-11-6-9-19(14-22)18(2)15-25-16-20-8-3-4-12-23(20)24;1-18-8-6-12-22(14-18)25-23-13-7-11-21(15-23)19(2)16-24-17-20-9-4-3-5-10-20;1-17-7-5-10-21(13-17)25-22-11-6-8-19(14-22)18(2)15-23-16-20-9-3-4-12-24-20/h4-5,7-9,11,13-14,20,22,24-25H,6,10,12,15-17H2,1-3H3;3-5,7-8,10,12-13,18-19,22,25H,6,9,11,14-16H2,1-2H3;3-5,7-8,10,12-13,18-19,22,25H,6,9,11,14-16,24H2,1-2H3;3-6,8-10,12,14,19,21,23-24H,7,11,13,15-17H2,1-2H3;3-5,7,9-10,12-13,18-19,22-23H,6,8,11,14-16H2,1-2H3/t20?,22-,24+;2*18?,19-,22+;19-,21?,23-;18?,19-,22+/m00010/s1. The number of nitrogen functional groups attached to an aromatic ring is 1. The van der Waals surface area contributed by atoms with Crippen LogP contribution in [0.4, 0.5) is 5.69 Å². The van der Waals surface area contributed by atoms with Crippen molar-refractivity contribution in [2.45, 2.75) is 268 Å². The fourth-order valence-electron chi connectivity index (χ4n) is 19.7. The first-order chi connectivity index (χ1) is 62.2. The second kappa shape index (κ2) is 54.6. The highest BCUT2D eigenvalue weighted by atomic mass is 35.5. The van der Waals surface area contributed by atoms with E-state index in [9.17, 15) is 0 Å². The number of aryl methyl sites for hydroxylation is 6. The molecule has 0 spiro atoms. The first kappa shape index (κ1) is 99.6. The predicted octanol–water partition coefficient (Wildman–Crippen LogP) is 26.7. The second-order valence-corrected chi connectivity index (χ2v) is 38.9. The molecule has 15 rings (SSSR count). The molecule has 5 aliphatic rings. The highest BCUT2D eigenvalue weighted by molar-refractivity contribution is 6.31. The van der Waals surface area contributed by atoms with Gasteiger partial charge < -0.3 is 56.0 Å². The topological polar surface area (TPSA) is 145 Å². The lowest BCUT2D eigenvalue weighted by Gasteiger charge is -2.33. The van der Waals surface area contributed by atoms with Gasteiger partial charge in [0.1, 0.15) is 28.7 Å². The van der Waals surface area contributed by atoms with Gasteiger partial charge in [0.25, 0.3) is 0 Å². The fourth-order valence-corrected chi connectivity index (χ4v) is 19.9. The Bertz CT molecular complexity index is 4520. The smallest absolute Gasteiger partial charge is 0.119 e. The lowest BCUT2D eigenvalue weighted by molar-refractivity contribution is 0.102. The molecule has 7 N–H and O–H groups in total. The number of hydrogen-bond acceptors (Lipinski definition) is 12. The van der Waals surface area contributed by atoms with Crippen molar-refractivity contribution in [1.29, 1.82) is 0 Å². The minimum absolute atomic E-state index is 0.349. The van der Waals surface area contributed by atoms with E-state index in [4.69, 9.17) is 41.0 Å². The highest BCUT2D eigenvalue weighted by Crippen LogP contribution is 2.39. The summed E-state index contributed by atoms with van der Waals surface area (Å²) < 4.78 is 31.4. The van der Waals surface area contributed by atoms with E-state index >= 15 is 0 Å². The molecule has 0 radical (unpaired) electrons. The molecule has 5 fully saturated rings. The van der Waals surface area contributed by atoms with Gasteiger partial charge in [0.05, 0.1) is 36.2 Å². The van der Waals surface area contributed by atoms with Gasteiger partial charge in [0.2, 0.25) is 0 Å². The van der Waals surface area contributed by atoms with Crippen LogP contribution in [0.5, 0.6) is 28.7 Å². The fraction of sp³-hybridized carbons (Fsp3) is 0.487. The number of ether oxygens (including phenoxy) is 5. The molecular weight excluding hydrogens is 1590 g/mol. The Balaban J connectivity index is 0.000000155. The van der Waals surface area contributed by atoms with Gasteiger partial charge in [-0.25, -0.2) is 0 Å². The van der Waals surface area contributed by atoms with Gasteiger partial charge in [0.15, 0.2) is 0 Å². The van der Waals surface area contributed by atoms with Crippen molar-refractivity contribution in [1.82, 2.24) is 31.6 Å². The number of halogens is 1. The quantitative estimate of drug-likeness (QED) is 0.0210. The Morgan fingerprint density at radius 1 is 0.297 bits per heavy atom. The lowest BCUT2D eigenvalue weighted by atomic mass is 9.79. The molecule has 688 valence electrons. The molecule has 5 saturated carbocycles. The van der Waals surface area contributed by atoms with Crippen molar-refractivity contribution < 1.29 is 23.7 Å². The zero-order chi connectivity index (χ0) is 90.0. The average Bonchev–Trinajstić information content (AvgIpc) is 0.871. The van der Waals surface area contributed by atoms with E-state index in [0.717, 1.165) is 153 Å². The summed E-state index contributed by atoms with van der Waals surface area (Å²) in [4.78, 5) is 4.37. The molecule has 12 nitrogen and oxygen atoms in total. The maximum absolute atomic E-state index is 6.28. The minimum atomic E-state index is 0.349. The summed E-state index contributed by atoms with van der Waals surface area (Å²) in [6, 6.07) is 83.8. The number of hydrogen-bond donors (Lipinski definition) is 6. The maximum atomic E-state index is 6.28. The first-order valence-electron chi connectivity index (χ1n) is 49.0. The molecule has 128 heavy (non-hydrogen) atoms. The van der Waals surface area contributed by atoms with Gasteiger partial charge in [0, 0.05) is 49.6 Å². The number of para-hydroxylation sites is 1. The van der Waals surface area contributed by atoms with Crippen LogP contribution in [0.15, 0.2) is 249 Å². The number of rotatable bonds is 35. The van der Waals surface area contributed by atoms with Gasteiger partial charge in [-0.3, -0.25) is 4.98 Å². The van der Waals surface area contributed by atoms with Crippen molar-refractivity contribution in [2.24, 2.45) is 59.2 Å². The van der Waals surface area contributed by atoms with Crippen LogP contribution < -0.4 is 56.0 Å². The molecule has 0 amide bonds. The molecule has 1 heterocycles. The number of aromatic nitrogens is 1. The molecular formula is C115H156ClN7O5. The third kappa shape index (κ3) is 36.1. The molecule has 9 aromatic carbocycles. The predicted molar refractivity (Wildman–Crippen MR) is 536 cm³/mol. The third-order valence-corrected chi connectivity index (χ3v) is 27.8. The summed E-state index contributed by atoms with van der Waals surface area (Å²) >= 11 is 6.24. The van der Waals surface area contributed by atoms with E-state index in [1.54, 1.807) is 0 Å². The Morgan fingerprint density at radius 3 is 0.922 bits per heavy atom. The van der Waals surface area contributed by atoms with Crippen LogP contribution in [-0.2, 0) is 32.7 Å². The molecule has 5 aliphatic carbocycles. The second-order valence-electron chi connectivity index (χ2n) is 38.5. The third-order valence-electron chi connectivity index (χ3n) is 27.4. The zero-order valence-electron chi connectivity index (χ0n) is 79.5. The van der Waals surface area contributed by atoms with E-state index < -0.39 is 0 Å². The summed E-state index contributed by atoms with van der Waals surface area (Å²) in [6.45, 7) is 34.3. The van der Waals surface area contributed by atoms with E-state index in [-0.39, 0.29) is 0 Å². The summed E-state index contributed by atoms with van der Waals surface area (Å²) in [5.74, 6) is 12.1. The van der Waals surface area contributed by atoms with E-state index in [1.807, 2.05) is 54.7 Å². The van der Waals surface area contributed by atoms with Crippen molar-refractivity contribution >= 4 is 17.3 Å². The average molecular weight is 1750 g/mol. The summed E-state index contributed by atoms with van der Waals surface area (Å²) in [5.41, 5.74) is 20.7. The van der Waals surface area contributed by atoms with Crippen LogP contribution in [0.2, 0.25) is 5.02 Å². The van der Waals surface area contributed by atoms with Gasteiger partial charge in [-0.05, 0) is 397 Å². The first-order valence-corrected chi connectivity index (χ1v) is 49.4. The Hall–Kier alpha value is -8.98. The van der Waals surface area contributed by atoms with Gasteiger partial charge in [-0.15, -0.1) is 0 Å². The van der Waals surface area contributed by atoms with Crippen molar-refractivity contribution in [3.63, 3.8) is 0 Å². The van der Waals surface area contributed by atoms with E-state index in [1.165, 1.54) is 171 Å². The summed E-state index contributed by atoms with van der Waals surface area (Å²) in [7, 11) is 0. The number of pyridine rings is 1. The molecule has 0 aliphatic heterocycles. The van der Waals surface area contributed by atoms with Crippen LogP contribution in [0, 0.1) is 101 Å². The molecule has 15 atom stereocenters. The van der Waals surface area contributed by atoms with Crippen LogP contribution in [0.3, 0.4) is 0 Å².